The molecule has 1 unspecified atom stereocenters. The van der Waals surface area contributed by atoms with Crippen LogP contribution in [0.3, 0.4) is 0 Å². The molecule has 20 heavy (non-hydrogen) atoms. The minimum atomic E-state index is -3.18. The van der Waals surface area contributed by atoms with E-state index in [0.29, 0.717) is 22.8 Å². The van der Waals surface area contributed by atoms with Gasteiger partial charge >= 0.3 is 0 Å². The molecular formula is C15H22N2O2S. The summed E-state index contributed by atoms with van der Waals surface area (Å²) >= 11 is 0. The van der Waals surface area contributed by atoms with Crippen molar-refractivity contribution >= 4 is 15.5 Å². The highest BCUT2D eigenvalue weighted by Gasteiger charge is 2.37. The normalized spacial score (nSPS) is 30.3. The van der Waals surface area contributed by atoms with Crippen LogP contribution in [-0.4, -0.2) is 33.8 Å². The van der Waals surface area contributed by atoms with E-state index in [1.54, 1.807) is 12.1 Å². The molecule has 2 fully saturated rings. The fraction of sp³-hybridized carbons (Fsp3) is 0.600. The lowest BCUT2D eigenvalue weighted by Gasteiger charge is -2.27. The standard InChI is InChI=1S/C15H22N2O2S/c1-20(18,19)15-5-3-2-4-14(15)17-9-11-6-7-13(16)8-12(11)10-17/h2-5,11-13H,6-10,16H2,1H3/t11-,12+,13?/m1/s1. The molecule has 1 aromatic rings. The first-order valence-corrected chi connectivity index (χ1v) is 9.14. The molecular weight excluding hydrogens is 272 g/mol. The van der Waals surface area contributed by atoms with Gasteiger partial charge < -0.3 is 10.6 Å². The number of rotatable bonds is 2. The minimum Gasteiger partial charge on any atom is -0.370 e. The monoisotopic (exact) mass is 294 g/mol. The number of nitrogens with zero attached hydrogens (tertiary/aromatic N) is 1. The molecule has 0 spiro atoms. The first kappa shape index (κ1) is 13.9. The van der Waals surface area contributed by atoms with E-state index in [0.717, 1.165) is 31.6 Å². The van der Waals surface area contributed by atoms with Gasteiger partial charge in [-0.3, -0.25) is 0 Å². The van der Waals surface area contributed by atoms with Gasteiger partial charge in [-0.15, -0.1) is 0 Å². The smallest absolute Gasteiger partial charge is 0.177 e. The molecule has 0 aromatic heterocycles. The molecule has 1 saturated carbocycles. The third-order valence-corrected chi connectivity index (χ3v) is 5.84. The van der Waals surface area contributed by atoms with Crippen molar-refractivity contribution in [2.75, 3.05) is 24.2 Å². The molecule has 4 nitrogen and oxygen atoms in total. The van der Waals surface area contributed by atoms with Crippen LogP contribution in [0.2, 0.25) is 0 Å². The summed E-state index contributed by atoms with van der Waals surface area (Å²) in [4.78, 5) is 2.69. The Morgan fingerprint density at radius 3 is 2.60 bits per heavy atom. The summed E-state index contributed by atoms with van der Waals surface area (Å²) in [6, 6.07) is 7.66. The van der Waals surface area contributed by atoms with Crippen molar-refractivity contribution in [2.24, 2.45) is 17.6 Å². The van der Waals surface area contributed by atoms with Crippen LogP contribution < -0.4 is 10.6 Å². The Kier molecular flexibility index (Phi) is 3.50. The van der Waals surface area contributed by atoms with Crippen molar-refractivity contribution in [1.29, 1.82) is 0 Å². The maximum Gasteiger partial charge on any atom is 0.177 e. The molecule has 3 rings (SSSR count). The lowest BCUT2D eigenvalue weighted by Crippen LogP contribution is -2.32. The van der Waals surface area contributed by atoms with Crippen molar-refractivity contribution in [3.05, 3.63) is 24.3 Å². The average Bonchev–Trinajstić information content (AvgIpc) is 2.80. The van der Waals surface area contributed by atoms with Crippen molar-refractivity contribution < 1.29 is 8.42 Å². The Labute approximate surface area is 120 Å². The molecule has 2 aliphatic rings. The number of nitrogens with two attached hydrogens (primary N) is 1. The largest absolute Gasteiger partial charge is 0.370 e. The number of hydrogen-bond acceptors (Lipinski definition) is 4. The molecule has 1 heterocycles. The quantitative estimate of drug-likeness (QED) is 0.901. The zero-order valence-electron chi connectivity index (χ0n) is 11.8. The molecule has 1 saturated heterocycles. The molecule has 1 aliphatic heterocycles. The Bertz CT molecular complexity index is 600. The molecule has 0 bridgehead atoms. The number of para-hydroxylation sites is 1. The fourth-order valence-corrected chi connectivity index (χ4v) is 4.60. The van der Waals surface area contributed by atoms with Gasteiger partial charge in [-0.2, -0.15) is 0 Å². The van der Waals surface area contributed by atoms with Crippen molar-refractivity contribution in [2.45, 2.75) is 30.2 Å². The van der Waals surface area contributed by atoms with E-state index in [1.807, 2.05) is 12.1 Å². The van der Waals surface area contributed by atoms with Gasteiger partial charge in [0, 0.05) is 25.4 Å². The number of benzene rings is 1. The van der Waals surface area contributed by atoms with Crippen LogP contribution in [0, 0.1) is 11.8 Å². The van der Waals surface area contributed by atoms with Gasteiger partial charge in [0.15, 0.2) is 9.84 Å². The second-order valence-corrected chi connectivity index (χ2v) is 8.22. The van der Waals surface area contributed by atoms with Crippen LogP contribution in [0.4, 0.5) is 5.69 Å². The topological polar surface area (TPSA) is 63.4 Å². The average molecular weight is 294 g/mol. The lowest BCUT2D eigenvalue weighted by atomic mass is 9.79. The molecule has 1 aliphatic carbocycles. The van der Waals surface area contributed by atoms with Crippen LogP contribution in [0.15, 0.2) is 29.2 Å². The van der Waals surface area contributed by atoms with Crippen LogP contribution in [0.1, 0.15) is 19.3 Å². The number of hydrogen-bond donors (Lipinski definition) is 1. The van der Waals surface area contributed by atoms with E-state index < -0.39 is 9.84 Å². The Balaban J connectivity index is 1.88. The highest BCUT2D eigenvalue weighted by Crippen LogP contribution is 2.39. The van der Waals surface area contributed by atoms with Gasteiger partial charge in [-0.25, -0.2) is 8.42 Å². The highest BCUT2D eigenvalue weighted by atomic mass is 32.2. The van der Waals surface area contributed by atoms with E-state index in [-0.39, 0.29) is 0 Å². The zero-order valence-corrected chi connectivity index (χ0v) is 12.6. The van der Waals surface area contributed by atoms with Crippen molar-refractivity contribution in [3.63, 3.8) is 0 Å². The molecule has 1 aromatic carbocycles. The van der Waals surface area contributed by atoms with E-state index in [2.05, 4.69) is 4.90 Å². The second-order valence-electron chi connectivity index (χ2n) is 6.24. The van der Waals surface area contributed by atoms with Gasteiger partial charge in [-0.1, -0.05) is 12.1 Å². The Morgan fingerprint density at radius 1 is 1.15 bits per heavy atom. The minimum absolute atomic E-state index is 0.321. The molecule has 3 atom stereocenters. The summed E-state index contributed by atoms with van der Waals surface area (Å²) in [5.74, 6) is 1.29. The fourth-order valence-electron chi connectivity index (χ4n) is 3.70. The zero-order chi connectivity index (χ0) is 14.3. The van der Waals surface area contributed by atoms with Gasteiger partial charge in [0.1, 0.15) is 0 Å². The molecule has 2 N–H and O–H groups in total. The van der Waals surface area contributed by atoms with E-state index in [9.17, 15) is 8.42 Å². The summed E-state index contributed by atoms with van der Waals surface area (Å²) in [5.41, 5.74) is 6.92. The number of anilines is 1. The van der Waals surface area contributed by atoms with Gasteiger partial charge in [-0.05, 0) is 43.2 Å². The maximum absolute atomic E-state index is 11.9. The molecule has 0 amide bonds. The third-order valence-electron chi connectivity index (χ3n) is 4.70. The Morgan fingerprint density at radius 2 is 1.85 bits per heavy atom. The van der Waals surface area contributed by atoms with Crippen molar-refractivity contribution in [1.82, 2.24) is 0 Å². The molecule has 0 radical (unpaired) electrons. The number of fused-ring (bicyclic) bond motifs is 1. The predicted octanol–water partition coefficient (Wildman–Crippen LogP) is 1.65. The first-order chi connectivity index (χ1) is 9.45. The van der Waals surface area contributed by atoms with E-state index in [4.69, 9.17) is 5.73 Å². The summed E-state index contributed by atoms with van der Waals surface area (Å²) in [7, 11) is -3.18. The van der Waals surface area contributed by atoms with Crippen LogP contribution in [0.25, 0.3) is 0 Å². The summed E-state index contributed by atoms with van der Waals surface area (Å²) in [6.07, 6.45) is 4.62. The SMILES string of the molecule is CS(=O)(=O)c1ccccc1N1C[C@H]2CCC(N)C[C@H]2C1. The summed E-state index contributed by atoms with van der Waals surface area (Å²) in [5, 5.41) is 0. The highest BCUT2D eigenvalue weighted by molar-refractivity contribution is 7.90. The Hall–Kier alpha value is -1.07. The third kappa shape index (κ3) is 2.56. The maximum atomic E-state index is 11.9. The summed E-state index contributed by atoms with van der Waals surface area (Å²) < 4.78 is 23.9. The first-order valence-electron chi connectivity index (χ1n) is 7.25. The lowest BCUT2D eigenvalue weighted by molar-refractivity contribution is 0.271. The van der Waals surface area contributed by atoms with E-state index >= 15 is 0 Å². The van der Waals surface area contributed by atoms with Gasteiger partial charge in [0.25, 0.3) is 0 Å². The van der Waals surface area contributed by atoms with E-state index in [1.165, 1.54) is 12.7 Å². The second kappa shape index (κ2) is 5.04. The van der Waals surface area contributed by atoms with Crippen LogP contribution >= 0.6 is 0 Å². The van der Waals surface area contributed by atoms with Crippen LogP contribution in [-0.2, 0) is 9.84 Å². The van der Waals surface area contributed by atoms with Gasteiger partial charge in [0.2, 0.25) is 0 Å². The predicted molar refractivity (Wildman–Crippen MR) is 80.6 cm³/mol. The van der Waals surface area contributed by atoms with Crippen molar-refractivity contribution in [3.8, 4) is 0 Å². The molecule has 5 heteroatoms. The molecule has 110 valence electrons. The van der Waals surface area contributed by atoms with Gasteiger partial charge in [0.05, 0.1) is 10.6 Å². The number of sulfone groups is 1. The summed E-state index contributed by atoms with van der Waals surface area (Å²) in [6.45, 7) is 1.90. The van der Waals surface area contributed by atoms with Crippen LogP contribution in [0.5, 0.6) is 0 Å².